The van der Waals surface area contributed by atoms with Crippen LogP contribution in [0.2, 0.25) is 0 Å². The number of aliphatic carboxylic acids is 1. The molecule has 102 valence electrons. The van der Waals surface area contributed by atoms with Crippen LogP contribution in [0.4, 0.5) is 10.1 Å². The van der Waals surface area contributed by atoms with E-state index < -0.39 is 29.8 Å². The van der Waals surface area contributed by atoms with Gasteiger partial charge >= 0.3 is 5.97 Å². The zero-order valence-electron chi connectivity index (χ0n) is 9.91. The average Bonchev–Trinajstić information content (AvgIpc) is 2.70. The van der Waals surface area contributed by atoms with Crippen molar-refractivity contribution in [1.29, 1.82) is 0 Å². The zero-order chi connectivity index (χ0) is 14.2. The van der Waals surface area contributed by atoms with Gasteiger partial charge in [0.1, 0.15) is 11.9 Å². The van der Waals surface area contributed by atoms with Crippen molar-refractivity contribution in [3.8, 4) is 0 Å². The number of nitrogens with two attached hydrogens (primary N) is 1. The zero-order valence-corrected chi connectivity index (χ0v) is 9.91. The third-order valence-electron chi connectivity index (χ3n) is 3.05. The molecular formula is C12H13FN2O4. The molecule has 0 aromatic heterocycles. The fourth-order valence-corrected chi connectivity index (χ4v) is 2.13. The minimum atomic E-state index is -1.22. The lowest BCUT2D eigenvalue weighted by Gasteiger charge is -2.21. The van der Waals surface area contributed by atoms with E-state index in [1.54, 1.807) is 0 Å². The number of β-amino-alcohol motifs (C(OH)–C–C–N with tert-alkyl or cyclic N) is 1. The molecule has 4 N–H and O–H groups in total. The first-order valence-corrected chi connectivity index (χ1v) is 5.67. The van der Waals surface area contributed by atoms with E-state index in [1.165, 1.54) is 12.1 Å². The molecule has 1 fully saturated rings. The summed E-state index contributed by atoms with van der Waals surface area (Å²) in [5.41, 5.74) is 5.30. The average molecular weight is 268 g/mol. The Morgan fingerprint density at radius 3 is 2.68 bits per heavy atom. The molecule has 1 aliphatic heterocycles. The van der Waals surface area contributed by atoms with Crippen LogP contribution in [0.1, 0.15) is 16.8 Å². The van der Waals surface area contributed by atoms with Gasteiger partial charge in [-0.2, -0.15) is 0 Å². The number of likely N-dealkylation sites (tertiary alicyclic amines) is 1. The fraction of sp³-hybridized carbons (Fsp3) is 0.333. The predicted octanol–water partition coefficient (Wildman–Crippen LogP) is 0.0679. The van der Waals surface area contributed by atoms with Crippen molar-refractivity contribution < 1.29 is 24.2 Å². The first-order chi connectivity index (χ1) is 8.90. The van der Waals surface area contributed by atoms with Crippen LogP contribution in [0.25, 0.3) is 0 Å². The summed E-state index contributed by atoms with van der Waals surface area (Å²) in [6.07, 6.45) is -0.973. The summed E-state index contributed by atoms with van der Waals surface area (Å²) in [7, 11) is 0. The van der Waals surface area contributed by atoms with Gasteiger partial charge in [0.15, 0.2) is 0 Å². The Hall–Kier alpha value is -2.15. The van der Waals surface area contributed by atoms with Gasteiger partial charge in [-0.05, 0) is 18.2 Å². The van der Waals surface area contributed by atoms with Crippen molar-refractivity contribution >= 4 is 17.6 Å². The monoisotopic (exact) mass is 268 g/mol. The van der Waals surface area contributed by atoms with Gasteiger partial charge in [0.05, 0.1) is 11.7 Å². The number of nitrogen functional groups attached to an aromatic ring is 1. The number of nitrogens with zero attached hydrogens (tertiary/aromatic N) is 1. The molecule has 0 saturated carbocycles. The van der Waals surface area contributed by atoms with Gasteiger partial charge in [-0.3, -0.25) is 4.79 Å². The second-order valence-corrected chi connectivity index (χ2v) is 4.44. The SMILES string of the molecule is Nc1ccc(C(=O)N2C[C@@H](O)C[C@H]2C(=O)O)c(F)c1. The molecule has 7 heteroatoms. The number of carbonyl (C=O) groups is 2. The first-order valence-electron chi connectivity index (χ1n) is 5.67. The minimum absolute atomic E-state index is 0.0579. The standard InChI is InChI=1S/C12H13FN2O4/c13-9-3-6(14)1-2-8(9)11(17)15-5-7(16)4-10(15)12(18)19/h1-3,7,10,16H,4-5,14H2,(H,18,19)/t7-,10-/m0/s1. The Balaban J connectivity index is 2.30. The number of carboxylic acids is 1. The highest BCUT2D eigenvalue weighted by atomic mass is 19.1. The number of amides is 1. The van der Waals surface area contributed by atoms with E-state index in [2.05, 4.69) is 0 Å². The minimum Gasteiger partial charge on any atom is -0.480 e. The Labute approximate surface area is 108 Å². The lowest BCUT2D eigenvalue weighted by atomic mass is 10.1. The number of hydrogen-bond acceptors (Lipinski definition) is 4. The van der Waals surface area contributed by atoms with Gasteiger partial charge in [0, 0.05) is 18.7 Å². The number of benzene rings is 1. The van der Waals surface area contributed by atoms with Crippen LogP contribution in [0.5, 0.6) is 0 Å². The molecule has 1 saturated heterocycles. The summed E-state index contributed by atoms with van der Waals surface area (Å²) in [5, 5.41) is 18.4. The van der Waals surface area contributed by atoms with Gasteiger partial charge in [0.2, 0.25) is 0 Å². The number of hydrogen-bond donors (Lipinski definition) is 3. The number of aliphatic hydroxyl groups excluding tert-OH is 1. The summed E-state index contributed by atoms with van der Waals surface area (Å²) in [6, 6.07) is 2.42. The molecule has 1 aromatic carbocycles. The third-order valence-corrected chi connectivity index (χ3v) is 3.05. The van der Waals surface area contributed by atoms with Crippen molar-refractivity contribution in [2.24, 2.45) is 0 Å². The van der Waals surface area contributed by atoms with Crippen LogP contribution in [0, 0.1) is 5.82 Å². The summed E-state index contributed by atoms with van der Waals surface area (Å²) >= 11 is 0. The van der Waals surface area contributed by atoms with Gasteiger partial charge in [0.25, 0.3) is 5.91 Å². The number of aliphatic hydroxyl groups is 1. The molecule has 0 bridgehead atoms. The maximum absolute atomic E-state index is 13.6. The Bertz CT molecular complexity index is 534. The van der Waals surface area contributed by atoms with E-state index in [0.717, 1.165) is 11.0 Å². The predicted molar refractivity (Wildman–Crippen MR) is 63.9 cm³/mol. The number of rotatable bonds is 2. The molecule has 2 atom stereocenters. The normalized spacial score (nSPS) is 22.5. The van der Waals surface area contributed by atoms with Crippen LogP contribution in [0.3, 0.4) is 0 Å². The van der Waals surface area contributed by atoms with Crippen LogP contribution < -0.4 is 5.73 Å². The lowest BCUT2D eigenvalue weighted by Crippen LogP contribution is -2.40. The summed E-state index contributed by atoms with van der Waals surface area (Å²) in [5.74, 6) is -2.79. The van der Waals surface area contributed by atoms with Crippen molar-refractivity contribution in [3.05, 3.63) is 29.6 Å². The van der Waals surface area contributed by atoms with Crippen molar-refractivity contribution in [2.75, 3.05) is 12.3 Å². The van der Waals surface area contributed by atoms with E-state index in [9.17, 15) is 19.1 Å². The topological polar surface area (TPSA) is 104 Å². The van der Waals surface area contributed by atoms with E-state index in [0.29, 0.717) is 0 Å². The van der Waals surface area contributed by atoms with E-state index in [1.807, 2.05) is 0 Å². The number of carbonyl (C=O) groups excluding carboxylic acids is 1. The van der Waals surface area contributed by atoms with E-state index in [-0.39, 0.29) is 24.2 Å². The van der Waals surface area contributed by atoms with Crippen molar-refractivity contribution in [1.82, 2.24) is 4.90 Å². The molecule has 2 rings (SSSR count). The molecule has 1 heterocycles. The highest BCUT2D eigenvalue weighted by Crippen LogP contribution is 2.22. The summed E-state index contributed by atoms with van der Waals surface area (Å²) in [6.45, 7) is -0.125. The van der Waals surface area contributed by atoms with E-state index in [4.69, 9.17) is 10.8 Å². The number of anilines is 1. The van der Waals surface area contributed by atoms with Crippen LogP contribution in [0.15, 0.2) is 18.2 Å². The largest absolute Gasteiger partial charge is 0.480 e. The molecule has 19 heavy (non-hydrogen) atoms. The molecule has 0 radical (unpaired) electrons. The van der Waals surface area contributed by atoms with Crippen molar-refractivity contribution in [2.45, 2.75) is 18.6 Å². The Kier molecular flexibility index (Phi) is 3.39. The maximum atomic E-state index is 13.6. The van der Waals surface area contributed by atoms with Crippen LogP contribution >= 0.6 is 0 Å². The Morgan fingerprint density at radius 2 is 2.11 bits per heavy atom. The van der Waals surface area contributed by atoms with Gasteiger partial charge in [-0.15, -0.1) is 0 Å². The highest BCUT2D eigenvalue weighted by molar-refractivity contribution is 5.97. The molecule has 0 aliphatic carbocycles. The maximum Gasteiger partial charge on any atom is 0.326 e. The van der Waals surface area contributed by atoms with Gasteiger partial charge in [-0.25, -0.2) is 9.18 Å². The molecule has 0 unspecified atom stereocenters. The molecule has 6 nitrogen and oxygen atoms in total. The first kappa shape index (κ1) is 13.3. The van der Waals surface area contributed by atoms with Crippen LogP contribution in [-0.2, 0) is 4.79 Å². The van der Waals surface area contributed by atoms with Crippen molar-refractivity contribution in [3.63, 3.8) is 0 Å². The molecule has 0 spiro atoms. The lowest BCUT2D eigenvalue weighted by molar-refractivity contribution is -0.141. The second-order valence-electron chi connectivity index (χ2n) is 4.44. The summed E-state index contributed by atoms with van der Waals surface area (Å²) in [4.78, 5) is 24.1. The Morgan fingerprint density at radius 1 is 1.42 bits per heavy atom. The quantitative estimate of drug-likeness (QED) is 0.658. The molecule has 1 aliphatic rings. The van der Waals surface area contributed by atoms with E-state index >= 15 is 0 Å². The fourth-order valence-electron chi connectivity index (χ4n) is 2.13. The molecule has 1 aromatic rings. The van der Waals surface area contributed by atoms with Gasteiger partial charge in [-0.1, -0.05) is 0 Å². The molecule has 1 amide bonds. The third kappa shape index (κ3) is 2.50. The highest BCUT2D eigenvalue weighted by Gasteiger charge is 2.39. The molecular weight excluding hydrogens is 255 g/mol. The van der Waals surface area contributed by atoms with Crippen LogP contribution in [-0.4, -0.2) is 45.7 Å². The number of carboxylic acid groups (broad SMARTS) is 1. The van der Waals surface area contributed by atoms with Gasteiger partial charge < -0.3 is 20.8 Å². The smallest absolute Gasteiger partial charge is 0.326 e. The summed E-state index contributed by atoms with van der Waals surface area (Å²) < 4.78 is 13.6. The second kappa shape index (κ2) is 4.85. The number of halogens is 1.